The number of hydrogen-bond acceptors (Lipinski definition) is 4. The van der Waals surface area contributed by atoms with Crippen LogP contribution < -0.4 is 0 Å². The predicted octanol–water partition coefficient (Wildman–Crippen LogP) is 1.60. The van der Waals surface area contributed by atoms with Gasteiger partial charge in [-0.1, -0.05) is 43.0 Å². The normalized spacial score (nSPS) is 14.4. The zero-order valence-corrected chi connectivity index (χ0v) is 11.4. The molecule has 0 saturated heterocycles. The third kappa shape index (κ3) is 3.65. The predicted molar refractivity (Wildman–Crippen MR) is 71.3 cm³/mol. The third-order valence-corrected chi connectivity index (χ3v) is 4.17. The molecule has 0 heterocycles. The Hall–Kier alpha value is -1.66. The second-order valence-electron chi connectivity index (χ2n) is 4.26. The van der Waals surface area contributed by atoms with Gasteiger partial charge in [-0.15, -0.1) is 0 Å². The van der Waals surface area contributed by atoms with Crippen LogP contribution in [0.15, 0.2) is 43.0 Å². The highest BCUT2D eigenvalue weighted by atomic mass is 32.2. The highest BCUT2D eigenvalue weighted by molar-refractivity contribution is 7.88. The van der Waals surface area contributed by atoms with Gasteiger partial charge in [0.2, 0.25) is 0 Å². The van der Waals surface area contributed by atoms with E-state index in [-0.39, 0.29) is 13.0 Å². The fourth-order valence-electron chi connectivity index (χ4n) is 1.54. The molecule has 6 heteroatoms. The maximum absolute atomic E-state index is 11.9. The van der Waals surface area contributed by atoms with E-state index < -0.39 is 20.8 Å². The number of benzene rings is 1. The summed E-state index contributed by atoms with van der Waals surface area (Å²) >= 11 is 0. The zero-order valence-electron chi connectivity index (χ0n) is 10.6. The van der Waals surface area contributed by atoms with Gasteiger partial charge in [-0.25, -0.2) is 0 Å². The zero-order chi connectivity index (χ0) is 14.5. The van der Waals surface area contributed by atoms with E-state index in [9.17, 15) is 17.8 Å². The van der Waals surface area contributed by atoms with Crippen LogP contribution in [0.5, 0.6) is 0 Å². The molecule has 1 rings (SSSR count). The molecular weight excluding hydrogens is 268 g/mol. The Morgan fingerprint density at radius 3 is 2.47 bits per heavy atom. The fourth-order valence-corrected chi connectivity index (χ4v) is 2.16. The van der Waals surface area contributed by atoms with Gasteiger partial charge in [-0.2, -0.15) is 8.42 Å². The Kier molecular flexibility index (Phi) is 4.85. The third-order valence-electron chi connectivity index (χ3n) is 2.72. The van der Waals surface area contributed by atoms with Crippen molar-refractivity contribution in [3.8, 4) is 0 Å². The summed E-state index contributed by atoms with van der Waals surface area (Å²) in [4.78, 5) is 11.9. The first-order valence-electron chi connectivity index (χ1n) is 5.60. The van der Waals surface area contributed by atoms with E-state index in [0.717, 1.165) is 6.92 Å². The molecule has 0 bridgehead atoms. The number of esters is 1. The van der Waals surface area contributed by atoms with Gasteiger partial charge in [0, 0.05) is 6.42 Å². The van der Waals surface area contributed by atoms with Gasteiger partial charge in [0.05, 0.1) is 0 Å². The van der Waals surface area contributed by atoms with Crippen molar-refractivity contribution in [1.29, 1.82) is 0 Å². The largest absolute Gasteiger partial charge is 0.460 e. The van der Waals surface area contributed by atoms with E-state index in [2.05, 4.69) is 6.58 Å². The van der Waals surface area contributed by atoms with Crippen molar-refractivity contribution < 1.29 is 22.5 Å². The Labute approximate surface area is 112 Å². The van der Waals surface area contributed by atoms with Crippen LogP contribution in [-0.4, -0.2) is 30.3 Å². The fraction of sp³-hybridized carbons (Fsp3) is 0.308. The molecule has 1 unspecified atom stereocenters. The molecule has 0 fully saturated rings. The molecule has 0 amide bonds. The molecule has 0 aromatic heterocycles. The summed E-state index contributed by atoms with van der Waals surface area (Å²) in [6, 6.07) is 8.54. The Balaban J connectivity index is 3.07. The van der Waals surface area contributed by atoms with Crippen LogP contribution >= 0.6 is 0 Å². The van der Waals surface area contributed by atoms with E-state index in [0.29, 0.717) is 5.56 Å². The standard InChI is InChI=1S/C13H16O5S/c1-3-9-18-12(14)13(2,19(15,16)17)10-11-7-5-4-6-8-11/h3-8H,1,9-10H2,2H3,(H,15,16,17). The molecular formula is C13H16O5S. The first-order chi connectivity index (χ1) is 8.81. The van der Waals surface area contributed by atoms with Crippen LogP contribution in [0.2, 0.25) is 0 Å². The number of carbonyl (C=O) groups is 1. The molecule has 1 N–H and O–H groups in total. The summed E-state index contributed by atoms with van der Waals surface area (Å²) in [5.74, 6) is -1.00. The topological polar surface area (TPSA) is 80.7 Å². The monoisotopic (exact) mass is 284 g/mol. The second-order valence-corrected chi connectivity index (χ2v) is 6.11. The molecule has 104 valence electrons. The van der Waals surface area contributed by atoms with Crippen LogP contribution in [-0.2, 0) is 26.1 Å². The molecule has 0 spiro atoms. The van der Waals surface area contributed by atoms with Crippen molar-refractivity contribution >= 4 is 16.1 Å². The highest BCUT2D eigenvalue weighted by Gasteiger charge is 2.47. The van der Waals surface area contributed by atoms with Crippen LogP contribution in [0.25, 0.3) is 0 Å². The molecule has 0 aliphatic carbocycles. The quantitative estimate of drug-likeness (QED) is 0.487. The van der Waals surface area contributed by atoms with E-state index >= 15 is 0 Å². The molecule has 0 aliphatic heterocycles. The van der Waals surface area contributed by atoms with Gasteiger partial charge in [0.15, 0.2) is 4.75 Å². The molecule has 5 nitrogen and oxygen atoms in total. The minimum absolute atomic E-state index is 0.112. The smallest absolute Gasteiger partial charge is 0.330 e. The van der Waals surface area contributed by atoms with E-state index in [4.69, 9.17) is 4.74 Å². The van der Waals surface area contributed by atoms with Crippen LogP contribution in [0.3, 0.4) is 0 Å². The minimum Gasteiger partial charge on any atom is -0.460 e. The average molecular weight is 284 g/mol. The van der Waals surface area contributed by atoms with Crippen molar-refractivity contribution in [2.24, 2.45) is 0 Å². The van der Waals surface area contributed by atoms with Crippen molar-refractivity contribution in [3.05, 3.63) is 48.6 Å². The Morgan fingerprint density at radius 2 is 2.00 bits per heavy atom. The SMILES string of the molecule is C=CCOC(=O)C(C)(Cc1ccccc1)S(=O)(=O)O. The first-order valence-corrected chi connectivity index (χ1v) is 7.04. The van der Waals surface area contributed by atoms with Gasteiger partial charge in [-0.05, 0) is 12.5 Å². The number of ether oxygens (including phenoxy) is 1. The van der Waals surface area contributed by atoms with Gasteiger partial charge >= 0.3 is 5.97 Å². The Morgan fingerprint density at radius 1 is 1.42 bits per heavy atom. The maximum Gasteiger partial charge on any atom is 0.330 e. The summed E-state index contributed by atoms with van der Waals surface area (Å²) in [7, 11) is -4.60. The molecule has 1 aromatic rings. The van der Waals surface area contributed by atoms with Gasteiger partial charge in [-0.3, -0.25) is 9.35 Å². The summed E-state index contributed by atoms with van der Waals surface area (Å²) in [5.41, 5.74) is 0.609. The summed E-state index contributed by atoms with van der Waals surface area (Å²) < 4.78 is 35.0. The van der Waals surface area contributed by atoms with Crippen molar-refractivity contribution in [2.75, 3.05) is 6.61 Å². The van der Waals surface area contributed by atoms with Crippen LogP contribution in [0, 0.1) is 0 Å². The molecule has 0 saturated carbocycles. The lowest BCUT2D eigenvalue weighted by molar-refractivity contribution is -0.145. The minimum atomic E-state index is -4.60. The first kappa shape index (κ1) is 15.4. The van der Waals surface area contributed by atoms with Gasteiger partial charge in [0.1, 0.15) is 6.61 Å². The van der Waals surface area contributed by atoms with Crippen molar-refractivity contribution in [3.63, 3.8) is 0 Å². The lowest BCUT2D eigenvalue weighted by Gasteiger charge is -2.23. The molecule has 19 heavy (non-hydrogen) atoms. The molecule has 1 aromatic carbocycles. The van der Waals surface area contributed by atoms with E-state index in [1.54, 1.807) is 30.3 Å². The maximum atomic E-state index is 11.9. The summed E-state index contributed by atoms with van der Waals surface area (Å²) in [6.07, 6.45) is 1.16. The summed E-state index contributed by atoms with van der Waals surface area (Å²) in [6.45, 7) is 4.40. The van der Waals surface area contributed by atoms with Crippen LogP contribution in [0.1, 0.15) is 12.5 Å². The molecule has 1 atom stereocenters. The van der Waals surface area contributed by atoms with Crippen molar-refractivity contribution in [1.82, 2.24) is 0 Å². The molecule has 0 radical (unpaired) electrons. The second kappa shape index (κ2) is 5.99. The van der Waals surface area contributed by atoms with Gasteiger partial charge in [0.25, 0.3) is 10.1 Å². The lowest BCUT2D eigenvalue weighted by Crippen LogP contribution is -2.46. The number of carbonyl (C=O) groups excluding carboxylic acids is 1. The van der Waals surface area contributed by atoms with Crippen LogP contribution in [0.4, 0.5) is 0 Å². The van der Waals surface area contributed by atoms with Crippen molar-refractivity contribution in [2.45, 2.75) is 18.1 Å². The van der Waals surface area contributed by atoms with E-state index in [1.165, 1.54) is 6.08 Å². The Bertz CT molecular complexity index is 550. The highest BCUT2D eigenvalue weighted by Crippen LogP contribution is 2.23. The molecule has 0 aliphatic rings. The number of hydrogen-bond donors (Lipinski definition) is 1. The lowest BCUT2D eigenvalue weighted by atomic mass is 10.0. The number of rotatable bonds is 6. The van der Waals surface area contributed by atoms with Gasteiger partial charge < -0.3 is 4.74 Å². The summed E-state index contributed by atoms with van der Waals surface area (Å²) in [5, 5.41) is 0. The average Bonchev–Trinajstić information content (AvgIpc) is 2.35. The van der Waals surface area contributed by atoms with E-state index in [1.807, 2.05) is 0 Å².